The summed E-state index contributed by atoms with van der Waals surface area (Å²) in [6.45, 7) is 5.07. The molecule has 0 spiro atoms. The van der Waals surface area contributed by atoms with E-state index in [1.807, 2.05) is 24.3 Å². The molecule has 108 valence electrons. The molecule has 0 saturated carbocycles. The number of carbonyl (C=O) groups is 1. The van der Waals surface area contributed by atoms with E-state index in [2.05, 4.69) is 0 Å². The third kappa shape index (κ3) is 6.62. The van der Waals surface area contributed by atoms with Crippen LogP contribution in [0.25, 0.3) is 0 Å². The number of halogens is 1. The minimum atomic E-state index is -2.28. The maximum Gasteiger partial charge on any atom is 0.185 e. The lowest BCUT2D eigenvalue weighted by Gasteiger charge is -2.16. The number of benzene rings is 1. The van der Waals surface area contributed by atoms with E-state index >= 15 is 0 Å². The van der Waals surface area contributed by atoms with Crippen molar-refractivity contribution in [3.05, 3.63) is 29.8 Å². The third-order valence-corrected chi connectivity index (χ3v) is 5.15. The van der Waals surface area contributed by atoms with Gasteiger partial charge in [0.1, 0.15) is 7.14 Å². The van der Waals surface area contributed by atoms with Gasteiger partial charge in [0.05, 0.1) is 0 Å². The first-order valence-corrected chi connectivity index (χ1v) is 9.42. The zero-order valence-electron chi connectivity index (χ0n) is 11.5. The fraction of sp³-hybridized carbons (Fsp3) is 0.462. The smallest absolute Gasteiger partial charge is 0.185 e. The molecule has 0 aromatic heterocycles. The van der Waals surface area contributed by atoms with E-state index in [0.29, 0.717) is 12.2 Å². The highest BCUT2D eigenvalue weighted by Gasteiger charge is 2.17. The molecule has 0 aliphatic rings. The Bertz CT molecular complexity index is 475. The van der Waals surface area contributed by atoms with Crippen LogP contribution in [0, 0.1) is 0 Å². The second kappa shape index (κ2) is 8.11. The Hall–Kier alpha value is -0.280. The van der Waals surface area contributed by atoms with Gasteiger partial charge in [0.15, 0.2) is 5.12 Å². The molecule has 1 atom stereocenters. The van der Waals surface area contributed by atoms with Crippen LogP contribution in [0.2, 0.25) is 0 Å². The molecule has 3 nitrogen and oxygen atoms in total. The number of nitrogens with two attached hydrogens (primary N) is 1. The lowest BCUT2D eigenvalue weighted by Crippen LogP contribution is -2.28. The van der Waals surface area contributed by atoms with Crippen LogP contribution in [-0.4, -0.2) is 30.2 Å². The largest absolute Gasteiger partial charge is 0.327 e. The maximum atomic E-state index is 12.2. The van der Waals surface area contributed by atoms with Crippen molar-refractivity contribution < 1.29 is 9.36 Å². The van der Waals surface area contributed by atoms with E-state index in [1.54, 1.807) is 13.3 Å². The fourth-order valence-electron chi connectivity index (χ4n) is 1.77. The number of thioether (sulfide) groups is 1. The highest BCUT2D eigenvalue weighted by atomic mass is 35.5. The molecular formula is C13H21ClNO2PS. The van der Waals surface area contributed by atoms with Crippen LogP contribution < -0.4 is 11.0 Å². The normalized spacial score (nSPS) is 12.6. The molecule has 0 heterocycles. The van der Waals surface area contributed by atoms with Crippen molar-refractivity contribution in [2.45, 2.75) is 19.4 Å². The van der Waals surface area contributed by atoms with Crippen LogP contribution in [0.1, 0.15) is 12.5 Å². The summed E-state index contributed by atoms with van der Waals surface area (Å²) < 4.78 is 12.2. The number of carbonyl (C=O) groups excluding carboxylic acids is 1. The molecule has 0 fully saturated rings. The second-order valence-corrected chi connectivity index (χ2v) is 9.13. The van der Waals surface area contributed by atoms with Crippen molar-refractivity contribution in [2.24, 2.45) is 5.73 Å². The number of rotatable bonds is 5. The minimum Gasteiger partial charge on any atom is -0.327 e. The summed E-state index contributed by atoms with van der Waals surface area (Å²) in [7, 11) is -2.28. The predicted molar refractivity (Wildman–Crippen MR) is 87.6 cm³/mol. The Balaban J connectivity index is 0.00000324. The summed E-state index contributed by atoms with van der Waals surface area (Å²) in [6.07, 6.45) is 0.655. The van der Waals surface area contributed by atoms with E-state index < -0.39 is 7.14 Å². The van der Waals surface area contributed by atoms with Crippen LogP contribution in [0.3, 0.4) is 0 Å². The van der Waals surface area contributed by atoms with E-state index in [-0.39, 0.29) is 23.6 Å². The summed E-state index contributed by atoms with van der Waals surface area (Å²) in [6, 6.07) is 7.61. The Morgan fingerprint density at radius 3 is 2.47 bits per heavy atom. The van der Waals surface area contributed by atoms with Gasteiger partial charge in [-0.05, 0) is 25.3 Å². The molecule has 0 radical (unpaired) electrons. The van der Waals surface area contributed by atoms with Crippen LogP contribution in [0.5, 0.6) is 0 Å². The zero-order chi connectivity index (χ0) is 13.8. The van der Waals surface area contributed by atoms with Gasteiger partial charge in [-0.25, -0.2) is 0 Å². The summed E-state index contributed by atoms with van der Waals surface area (Å²) >= 11 is 1.24. The molecule has 1 aromatic carbocycles. The second-order valence-electron chi connectivity index (χ2n) is 4.75. The summed E-state index contributed by atoms with van der Waals surface area (Å²) in [4.78, 5) is 10.9. The van der Waals surface area contributed by atoms with Crippen LogP contribution in [0.4, 0.5) is 0 Å². The van der Waals surface area contributed by atoms with Crippen molar-refractivity contribution in [3.63, 3.8) is 0 Å². The molecule has 1 unspecified atom stereocenters. The molecule has 0 saturated heterocycles. The molecule has 1 rings (SSSR count). The van der Waals surface area contributed by atoms with Crippen molar-refractivity contribution in [2.75, 3.05) is 19.1 Å². The topological polar surface area (TPSA) is 60.2 Å². The quantitative estimate of drug-likeness (QED) is 0.847. The molecule has 0 amide bonds. The monoisotopic (exact) mass is 321 g/mol. The van der Waals surface area contributed by atoms with Gasteiger partial charge in [-0.15, -0.1) is 12.4 Å². The SMILES string of the molecule is CC(=O)SCC(N)Cc1ccccc1P(C)(C)=O.Cl. The first-order valence-electron chi connectivity index (χ1n) is 5.83. The van der Waals surface area contributed by atoms with E-state index in [1.165, 1.54) is 18.7 Å². The van der Waals surface area contributed by atoms with Gasteiger partial charge in [0.25, 0.3) is 0 Å². The van der Waals surface area contributed by atoms with Gasteiger partial charge in [0.2, 0.25) is 0 Å². The van der Waals surface area contributed by atoms with Gasteiger partial charge >= 0.3 is 0 Å². The molecule has 1 aromatic rings. The van der Waals surface area contributed by atoms with Crippen LogP contribution in [-0.2, 0) is 15.8 Å². The molecule has 2 N–H and O–H groups in total. The average molecular weight is 322 g/mol. The van der Waals surface area contributed by atoms with Crippen molar-refractivity contribution >= 4 is 41.7 Å². The van der Waals surface area contributed by atoms with E-state index in [9.17, 15) is 9.36 Å². The number of hydrogen-bond donors (Lipinski definition) is 1. The Morgan fingerprint density at radius 2 is 1.95 bits per heavy atom. The Labute approximate surface area is 125 Å². The first kappa shape index (κ1) is 18.7. The van der Waals surface area contributed by atoms with Gasteiger partial charge in [-0.1, -0.05) is 36.0 Å². The molecule has 19 heavy (non-hydrogen) atoms. The number of hydrogen-bond acceptors (Lipinski definition) is 4. The molecule has 0 aliphatic heterocycles. The molecule has 0 bridgehead atoms. The summed E-state index contributed by atoms with van der Waals surface area (Å²) in [5, 5.41) is 0.976. The highest BCUT2D eigenvalue weighted by Crippen LogP contribution is 2.36. The van der Waals surface area contributed by atoms with Crippen molar-refractivity contribution in [1.29, 1.82) is 0 Å². The van der Waals surface area contributed by atoms with E-state index in [0.717, 1.165) is 10.9 Å². The lowest BCUT2D eigenvalue weighted by atomic mass is 10.1. The Morgan fingerprint density at radius 1 is 1.37 bits per heavy atom. The summed E-state index contributed by atoms with van der Waals surface area (Å²) in [5.74, 6) is 0.599. The maximum absolute atomic E-state index is 12.2. The average Bonchev–Trinajstić information content (AvgIpc) is 2.25. The van der Waals surface area contributed by atoms with Gasteiger partial charge < -0.3 is 10.3 Å². The standard InChI is InChI=1S/C13H20NO2PS.ClH/c1-10(15)18-9-12(14)8-11-6-4-5-7-13(11)17(2,3)16;/h4-7,12H,8-9,14H2,1-3H3;1H. The zero-order valence-corrected chi connectivity index (χ0v) is 14.0. The lowest BCUT2D eigenvalue weighted by molar-refractivity contribution is -0.109. The van der Waals surface area contributed by atoms with Crippen molar-refractivity contribution in [1.82, 2.24) is 0 Å². The minimum absolute atomic E-state index is 0. The molecule has 0 aliphatic carbocycles. The van der Waals surface area contributed by atoms with E-state index in [4.69, 9.17) is 5.73 Å². The third-order valence-electron chi connectivity index (χ3n) is 2.55. The molecule has 6 heteroatoms. The van der Waals surface area contributed by atoms with Gasteiger partial charge in [0, 0.05) is 24.0 Å². The van der Waals surface area contributed by atoms with Gasteiger partial charge in [-0.3, -0.25) is 4.79 Å². The van der Waals surface area contributed by atoms with Crippen molar-refractivity contribution in [3.8, 4) is 0 Å². The van der Waals surface area contributed by atoms with Crippen LogP contribution >= 0.6 is 31.3 Å². The first-order chi connectivity index (χ1) is 8.30. The predicted octanol–water partition coefficient (Wildman–Crippen LogP) is 2.51. The fourth-order valence-corrected chi connectivity index (χ4v) is 3.64. The molecular weight excluding hydrogens is 301 g/mol. The summed E-state index contributed by atoms with van der Waals surface area (Å²) in [5.41, 5.74) is 7.03. The highest BCUT2D eigenvalue weighted by molar-refractivity contribution is 8.13. The Kier molecular flexibility index (Phi) is 7.99. The van der Waals surface area contributed by atoms with Crippen LogP contribution in [0.15, 0.2) is 24.3 Å². The van der Waals surface area contributed by atoms with Gasteiger partial charge in [-0.2, -0.15) is 0 Å².